The summed E-state index contributed by atoms with van der Waals surface area (Å²) in [7, 11) is 1.98. The van der Waals surface area contributed by atoms with Crippen molar-refractivity contribution < 1.29 is 4.74 Å². The maximum Gasteiger partial charge on any atom is 0.138 e. The molecule has 1 aliphatic rings. The highest BCUT2D eigenvalue weighted by molar-refractivity contribution is 9.10. The van der Waals surface area contributed by atoms with Crippen LogP contribution >= 0.6 is 15.9 Å². The van der Waals surface area contributed by atoms with E-state index in [0.717, 1.165) is 39.1 Å². The summed E-state index contributed by atoms with van der Waals surface area (Å²) in [5.74, 6) is 1.84. The number of para-hydroxylation sites is 1. The highest BCUT2D eigenvalue weighted by atomic mass is 79.9. The van der Waals surface area contributed by atoms with Gasteiger partial charge < -0.3 is 14.3 Å². The monoisotopic (exact) mass is 423 g/mol. The minimum absolute atomic E-state index is 0.0661. The zero-order valence-corrected chi connectivity index (χ0v) is 16.4. The summed E-state index contributed by atoms with van der Waals surface area (Å²) in [5, 5.41) is 8.27. The Kier molecular flexibility index (Phi) is 3.87. The molecule has 1 saturated heterocycles. The molecule has 7 heteroatoms. The minimum atomic E-state index is -0.0661. The Morgan fingerprint density at radius 3 is 2.78 bits per heavy atom. The molecule has 2 aromatic heterocycles. The average Bonchev–Trinajstić information content (AvgIpc) is 3.25. The van der Waals surface area contributed by atoms with Crippen LogP contribution in [0.1, 0.15) is 11.4 Å². The van der Waals surface area contributed by atoms with Gasteiger partial charge in [0, 0.05) is 28.9 Å². The van der Waals surface area contributed by atoms with Crippen molar-refractivity contribution in [2.45, 2.75) is 11.8 Å². The van der Waals surface area contributed by atoms with Crippen LogP contribution in [0, 0.1) is 0 Å². The molecule has 0 aliphatic carbocycles. The third-order valence-electron chi connectivity index (χ3n) is 5.27. The van der Waals surface area contributed by atoms with Gasteiger partial charge in [-0.25, -0.2) is 4.98 Å². The molecule has 2 aromatic carbocycles. The summed E-state index contributed by atoms with van der Waals surface area (Å²) in [4.78, 5) is 8.20. The zero-order chi connectivity index (χ0) is 18.4. The number of H-pyrrole nitrogens is 1. The van der Waals surface area contributed by atoms with Crippen molar-refractivity contribution in [3.05, 3.63) is 64.7 Å². The summed E-state index contributed by atoms with van der Waals surface area (Å²) in [5.41, 5.74) is 4.21. The molecule has 3 heterocycles. The fourth-order valence-electron chi connectivity index (χ4n) is 3.62. The third kappa shape index (κ3) is 2.78. The molecule has 136 valence electrons. The molecule has 1 N–H and O–H groups in total. The fraction of sp³-hybridized carbons (Fsp3) is 0.250. The Hall–Kier alpha value is -2.51. The average molecular weight is 424 g/mol. The topological polar surface area (TPSA) is 68.6 Å². The molecule has 0 spiro atoms. The number of aromatic nitrogens is 5. The van der Waals surface area contributed by atoms with Gasteiger partial charge in [-0.2, -0.15) is 0 Å². The lowest BCUT2D eigenvalue weighted by molar-refractivity contribution is -0.0611. The van der Waals surface area contributed by atoms with Gasteiger partial charge in [0.25, 0.3) is 0 Å². The van der Waals surface area contributed by atoms with Gasteiger partial charge in [-0.1, -0.05) is 24.3 Å². The number of rotatable bonds is 4. The predicted molar refractivity (Wildman–Crippen MR) is 106 cm³/mol. The van der Waals surface area contributed by atoms with Gasteiger partial charge in [0.05, 0.1) is 18.7 Å². The van der Waals surface area contributed by atoms with Gasteiger partial charge in [-0.3, -0.25) is 0 Å². The zero-order valence-electron chi connectivity index (χ0n) is 14.8. The second-order valence-corrected chi connectivity index (χ2v) is 7.96. The molecule has 6 nitrogen and oxygen atoms in total. The number of halogens is 1. The maximum atomic E-state index is 5.60. The molecule has 1 aliphatic heterocycles. The molecule has 1 fully saturated rings. The van der Waals surface area contributed by atoms with Gasteiger partial charge in [0.15, 0.2) is 0 Å². The van der Waals surface area contributed by atoms with Crippen LogP contribution < -0.4 is 0 Å². The molecular weight excluding hydrogens is 406 g/mol. The molecular formula is C20H18BrN5O. The van der Waals surface area contributed by atoms with Crippen LogP contribution in [0.2, 0.25) is 0 Å². The van der Waals surface area contributed by atoms with E-state index in [9.17, 15) is 0 Å². The van der Waals surface area contributed by atoms with Crippen LogP contribution in [-0.4, -0.2) is 37.9 Å². The van der Waals surface area contributed by atoms with Gasteiger partial charge in [-0.05, 0) is 39.7 Å². The van der Waals surface area contributed by atoms with Crippen LogP contribution in [0.4, 0.5) is 0 Å². The van der Waals surface area contributed by atoms with Gasteiger partial charge in [0.1, 0.15) is 23.5 Å². The highest BCUT2D eigenvalue weighted by Gasteiger charge is 2.41. The van der Waals surface area contributed by atoms with Gasteiger partial charge in [0.2, 0.25) is 0 Å². The maximum absolute atomic E-state index is 5.60. The molecule has 0 atom stereocenters. The van der Waals surface area contributed by atoms with E-state index < -0.39 is 0 Å². The van der Waals surface area contributed by atoms with Crippen LogP contribution in [0.15, 0.2) is 53.3 Å². The smallest absolute Gasteiger partial charge is 0.138 e. The number of imidazole rings is 1. The number of nitrogens with one attached hydrogen (secondary N) is 1. The van der Waals surface area contributed by atoms with Gasteiger partial charge in [-0.15, -0.1) is 10.2 Å². The summed E-state index contributed by atoms with van der Waals surface area (Å²) in [6, 6.07) is 14.6. The number of fused-ring (bicyclic) bond motifs is 1. The lowest BCUT2D eigenvalue weighted by Gasteiger charge is -2.41. The van der Waals surface area contributed by atoms with Crippen molar-refractivity contribution in [1.82, 2.24) is 24.7 Å². The SMILES string of the molecule is Cn1cnnc1CC1(c2cccc(-c3nc4c(Br)cccc4[nH]3)c2)COC1. The van der Waals surface area contributed by atoms with Crippen LogP contribution in [-0.2, 0) is 23.6 Å². The predicted octanol–water partition coefficient (Wildman–Crippen LogP) is 3.63. The van der Waals surface area contributed by atoms with Crippen molar-refractivity contribution in [3.8, 4) is 11.4 Å². The Labute approximate surface area is 164 Å². The molecule has 4 aromatic rings. The number of ether oxygens (including phenoxy) is 1. The van der Waals surface area contributed by atoms with E-state index in [-0.39, 0.29) is 5.41 Å². The first-order chi connectivity index (χ1) is 13.1. The number of nitrogens with zero attached hydrogens (tertiary/aromatic N) is 4. The van der Waals surface area contributed by atoms with Crippen LogP contribution in [0.25, 0.3) is 22.4 Å². The lowest BCUT2D eigenvalue weighted by atomic mass is 9.75. The molecule has 0 radical (unpaired) electrons. The van der Waals surface area contributed by atoms with E-state index in [0.29, 0.717) is 13.2 Å². The molecule has 0 saturated carbocycles. The summed E-state index contributed by atoms with van der Waals surface area (Å²) >= 11 is 3.58. The number of hydrogen-bond acceptors (Lipinski definition) is 4. The number of benzene rings is 2. The van der Waals surface area contributed by atoms with E-state index in [1.807, 2.05) is 29.8 Å². The first-order valence-corrected chi connectivity index (χ1v) is 9.60. The van der Waals surface area contributed by atoms with E-state index >= 15 is 0 Å². The molecule has 27 heavy (non-hydrogen) atoms. The Morgan fingerprint density at radius 1 is 1.22 bits per heavy atom. The largest absolute Gasteiger partial charge is 0.379 e. The second-order valence-electron chi connectivity index (χ2n) is 7.11. The normalized spacial score (nSPS) is 15.8. The lowest BCUT2D eigenvalue weighted by Crippen LogP contribution is -2.49. The minimum Gasteiger partial charge on any atom is -0.379 e. The van der Waals surface area contributed by atoms with E-state index in [1.165, 1.54) is 5.56 Å². The first kappa shape index (κ1) is 16.6. The van der Waals surface area contributed by atoms with Crippen LogP contribution in [0.5, 0.6) is 0 Å². The van der Waals surface area contributed by atoms with Crippen molar-refractivity contribution in [2.24, 2.45) is 7.05 Å². The van der Waals surface area contributed by atoms with Crippen LogP contribution in [0.3, 0.4) is 0 Å². The molecule has 5 rings (SSSR count). The van der Waals surface area contributed by atoms with Crippen molar-refractivity contribution >= 4 is 27.0 Å². The molecule has 0 amide bonds. The first-order valence-electron chi connectivity index (χ1n) is 8.80. The van der Waals surface area contributed by atoms with Gasteiger partial charge >= 0.3 is 0 Å². The summed E-state index contributed by atoms with van der Waals surface area (Å²) in [6.45, 7) is 1.38. The number of aromatic amines is 1. The van der Waals surface area contributed by atoms with E-state index in [2.05, 4.69) is 55.4 Å². The van der Waals surface area contributed by atoms with E-state index in [1.54, 1.807) is 6.33 Å². The van der Waals surface area contributed by atoms with E-state index in [4.69, 9.17) is 9.72 Å². The number of hydrogen-bond donors (Lipinski definition) is 1. The van der Waals surface area contributed by atoms with Crippen molar-refractivity contribution in [3.63, 3.8) is 0 Å². The second kappa shape index (κ2) is 6.28. The fourth-order valence-corrected chi connectivity index (χ4v) is 4.07. The highest BCUT2D eigenvalue weighted by Crippen LogP contribution is 2.37. The Balaban J connectivity index is 1.54. The Bertz CT molecular complexity index is 1130. The summed E-state index contributed by atoms with van der Waals surface area (Å²) in [6.07, 6.45) is 2.55. The summed E-state index contributed by atoms with van der Waals surface area (Å²) < 4.78 is 8.57. The molecule has 0 bridgehead atoms. The Morgan fingerprint density at radius 2 is 2.07 bits per heavy atom. The van der Waals surface area contributed by atoms with Crippen molar-refractivity contribution in [1.29, 1.82) is 0 Å². The standard InChI is InChI=1S/C20H18BrN5O/c1-26-12-22-25-17(26)9-20(10-27-11-20)14-5-2-4-13(8-14)19-23-16-7-3-6-15(21)18(16)24-19/h2-8,12H,9-11H2,1H3,(H,23,24). The van der Waals surface area contributed by atoms with Crippen molar-refractivity contribution in [2.75, 3.05) is 13.2 Å². The quantitative estimate of drug-likeness (QED) is 0.543. The third-order valence-corrected chi connectivity index (χ3v) is 5.91. The molecule has 0 unspecified atom stereocenters. The number of aryl methyl sites for hydroxylation is 1.